The first kappa shape index (κ1) is 19.2. The third-order valence-electron chi connectivity index (χ3n) is 5.86. The molecule has 1 unspecified atom stereocenters. The number of aryl methyl sites for hydroxylation is 1. The van der Waals surface area contributed by atoms with E-state index < -0.39 is 5.54 Å². The zero-order valence-electron chi connectivity index (χ0n) is 17.4. The summed E-state index contributed by atoms with van der Waals surface area (Å²) >= 11 is 0. The molecule has 5 nitrogen and oxygen atoms in total. The van der Waals surface area contributed by atoms with Gasteiger partial charge in [-0.3, -0.25) is 4.99 Å². The molecule has 31 heavy (non-hydrogen) atoms. The van der Waals surface area contributed by atoms with Crippen LogP contribution in [0.2, 0.25) is 0 Å². The molecule has 1 aromatic heterocycles. The van der Waals surface area contributed by atoms with E-state index in [1.807, 2.05) is 13.3 Å². The van der Waals surface area contributed by atoms with Crippen molar-refractivity contribution in [3.05, 3.63) is 119 Å². The topological polar surface area (TPSA) is 54.5 Å². The van der Waals surface area contributed by atoms with Gasteiger partial charge in [0.05, 0.1) is 18.8 Å². The lowest BCUT2D eigenvalue weighted by Crippen LogP contribution is -2.50. The summed E-state index contributed by atoms with van der Waals surface area (Å²) in [5, 5.41) is 4.00. The lowest BCUT2D eigenvalue weighted by molar-refractivity contribution is 0.228. The predicted molar refractivity (Wildman–Crippen MR) is 121 cm³/mol. The van der Waals surface area contributed by atoms with Gasteiger partial charge in [-0.15, -0.1) is 0 Å². The van der Waals surface area contributed by atoms with Gasteiger partial charge in [0.25, 0.3) is 0 Å². The Hall–Kier alpha value is -3.73. The molecule has 0 saturated carbocycles. The number of nitrogens with zero attached hydrogens (tertiary/aromatic N) is 4. The molecule has 3 aromatic carbocycles. The highest BCUT2D eigenvalue weighted by Gasteiger charge is 2.43. The summed E-state index contributed by atoms with van der Waals surface area (Å²) in [5.74, 6) is 1.32. The molecule has 0 amide bonds. The van der Waals surface area contributed by atoms with E-state index in [1.54, 1.807) is 0 Å². The van der Waals surface area contributed by atoms with E-state index in [2.05, 4.69) is 106 Å². The first-order valence-corrected chi connectivity index (χ1v) is 10.5. The minimum absolute atomic E-state index is 0.0294. The van der Waals surface area contributed by atoms with Crippen LogP contribution >= 0.6 is 0 Å². The number of aliphatic imine (C=N–C) groups is 1. The Kier molecular flexibility index (Phi) is 5.08. The smallest absolute Gasteiger partial charge is 0.233 e. The van der Waals surface area contributed by atoms with Gasteiger partial charge in [0.2, 0.25) is 5.89 Å². The molecule has 1 aliphatic heterocycles. The molecule has 0 radical (unpaired) electrons. The Labute approximate surface area is 182 Å². The number of aromatic nitrogens is 2. The van der Waals surface area contributed by atoms with Gasteiger partial charge < -0.3 is 9.42 Å². The number of hydrogen-bond acceptors (Lipinski definition) is 5. The van der Waals surface area contributed by atoms with E-state index in [0.717, 1.165) is 0 Å². The second kappa shape index (κ2) is 8.19. The van der Waals surface area contributed by atoms with Crippen molar-refractivity contribution >= 4 is 6.34 Å². The van der Waals surface area contributed by atoms with Gasteiger partial charge in [-0.05, 0) is 23.6 Å². The Bertz CT molecular complexity index is 1060. The summed E-state index contributed by atoms with van der Waals surface area (Å²) in [4.78, 5) is 11.6. The SMILES string of the molecule is Cc1noc(C2CN=CN(C(c3ccccc3)(c3ccccc3)c3ccccc3)C2)n1. The molecule has 0 fully saturated rings. The normalized spacial score (nSPS) is 16.4. The third kappa shape index (κ3) is 3.42. The minimum Gasteiger partial charge on any atom is -0.344 e. The molecule has 154 valence electrons. The maximum absolute atomic E-state index is 5.52. The molecular formula is C26H24N4O. The molecule has 5 rings (SSSR count). The number of rotatable bonds is 5. The lowest BCUT2D eigenvalue weighted by Gasteiger charge is -2.46. The third-order valence-corrected chi connectivity index (χ3v) is 5.86. The van der Waals surface area contributed by atoms with Crippen LogP contribution in [0.25, 0.3) is 0 Å². The van der Waals surface area contributed by atoms with Crippen molar-refractivity contribution in [3.63, 3.8) is 0 Å². The van der Waals surface area contributed by atoms with Crippen LogP contribution in [0.1, 0.15) is 34.3 Å². The Morgan fingerprint density at radius 2 is 1.32 bits per heavy atom. The van der Waals surface area contributed by atoms with Crippen LogP contribution in [-0.4, -0.2) is 34.5 Å². The molecule has 0 bridgehead atoms. The molecule has 5 heteroatoms. The van der Waals surface area contributed by atoms with Crippen LogP contribution in [0.15, 0.2) is 101 Å². The zero-order valence-corrected chi connectivity index (χ0v) is 17.4. The average molecular weight is 409 g/mol. The molecule has 0 spiro atoms. The van der Waals surface area contributed by atoms with Crippen LogP contribution in [0.5, 0.6) is 0 Å². The summed E-state index contributed by atoms with van der Waals surface area (Å²) < 4.78 is 5.52. The molecule has 2 heterocycles. The van der Waals surface area contributed by atoms with Crippen LogP contribution in [0, 0.1) is 6.92 Å². The van der Waals surface area contributed by atoms with Crippen molar-refractivity contribution in [2.75, 3.05) is 13.1 Å². The van der Waals surface area contributed by atoms with Gasteiger partial charge in [0.1, 0.15) is 5.54 Å². The van der Waals surface area contributed by atoms with E-state index in [0.29, 0.717) is 24.8 Å². The molecule has 0 N–H and O–H groups in total. The van der Waals surface area contributed by atoms with E-state index in [4.69, 9.17) is 9.52 Å². The van der Waals surface area contributed by atoms with Crippen molar-refractivity contribution in [1.82, 2.24) is 15.0 Å². The zero-order chi connectivity index (χ0) is 21.1. The number of benzene rings is 3. The van der Waals surface area contributed by atoms with Gasteiger partial charge in [-0.25, -0.2) is 0 Å². The quantitative estimate of drug-likeness (QED) is 0.445. The highest BCUT2D eigenvalue weighted by atomic mass is 16.5. The van der Waals surface area contributed by atoms with Crippen molar-refractivity contribution in [2.45, 2.75) is 18.4 Å². The Morgan fingerprint density at radius 3 is 1.77 bits per heavy atom. The van der Waals surface area contributed by atoms with Gasteiger partial charge in [-0.1, -0.05) is 96.2 Å². The van der Waals surface area contributed by atoms with E-state index in [-0.39, 0.29) is 5.92 Å². The summed E-state index contributed by atoms with van der Waals surface area (Å²) in [5.41, 5.74) is 3.00. The maximum atomic E-state index is 5.52. The van der Waals surface area contributed by atoms with Gasteiger partial charge in [-0.2, -0.15) is 4.98 Å². The Balaban J connectivity index is 1.72. The molecule has 1 atom stereocenters. The van der Waals surface area contributed by atoms with Crippen molar-refractivity contribution in [2.24, 2.45) is 4.99 Å². The van der Waals surface area contributed by atoms with E-state index in [1.165, 1.54) is 16.7 Å². The Morgan fingerprint density at radius 1 is 0.806 bits per heavy atom. The maximum Gasteiger partial charge on any atom is 0.233 e. The summed E-state index contributed by atoms with van der Waals surface area (Å²) in [6.07, 6.45) is 1.98. The highest BCUT2D eigenvalue weighted by molar-refractivity contribution is 5.64. The number of hydrogen-bond donors (Lipinski definition) is 0. The summed E-state index contributed by atoms with van der Waals surface area (Å²) in [7, 11) is 0. The van der Waals surface area contributed by atoms with Crippen molar-refractivity contribution in [1.29, 1.82) is 0 Å². The van der Waals surface area contributed by atoms with E-state index >= 15 is 0 Å². The minimum atomic E-state index is -0.541. The lowest BCUT2D eigenvalue weighted by atomic mass is 9.75. The van der Waals surface area contributed by atoms with Crippen molar-refractivity contribution in [3.8, 4) is 0 Å². The van der Waals surface area contributed by atoms with E-state index in [9.17, 15) is 0 Å². The molecule has 1 aliphatic rings. The van der Waals surface area contributed by atoms with Gasteiger partial charge >= 0.3 is 0 Å². The molecule has 4 aromatic rings. The first-order chi connectivity index (χ1) is 15.3. The van der Waals surface area contributed by atoms with Crippen LogP contribution in [0.3, 0.4) is 0 Å². The van der Waals surface area contributed by atoms with Crippen LogP contribution in [-0.2, 0) is 5.54 Å². The summed E-state index contributed by atoms with van der Waals surface area (Å²) in [6.45, 7) is 3.19. The molecular weight excluding hydrogens is 384 g/mol. The predicted octanol–water partition coefficient (Wildman–Crippen LogP) is 4.80. The fourth-order valence-electron chi connectivity index (χ4n) is 4.51. The van der Waals surface area contributed by atoms with Gasteiger partial charge in [0.15, 0.2) is 5.82 Å². The second-order valence-corrected chi connectivity index (χ2v) is 7.82. The van der Waals surface area contributed by atoms with Gasteiger partial charge in [0, 0.05) is 6.54 Å². The fraction of sp³-hybridized carbons (Fsp3) is 0.192. The average Bonchev–Trinajstić information content (AvgIpc) is 3.28. The van der Waals surface area contributed by atoms with Crippen LogP contribution < -0.4 is 0 Å². The first-order valence-electron chi connectivity index (χ1n) is 10.5. The van der Waals surface area contributed by atoms with Crippen LogP contribution in [0.4, 0.5) is 0 Å². The van der Waals surface area contributed by atoms with Crippen molar-refractivity contribution < 1.29 is 4.52 Å². The monoisotopic (exact) mass is 408 g/mol. The highest BCUT2D eigenvalue weighted by Crippen LogP contribution is 2.43. The summed E-state index contributed by atoms with van der Waals surface area (Å²) in [6, 6.07) is 31.9. The largest absolute Gasteiger partial charge is 0.344 e. The molecule has 0 saturated heterocycles. The fourth-order valence-corrected chi connectivity index (χ4v) is 4.51. The standard InChI is InChI=1S/C26H24N4O/c1-20-28-25(31-29-20)21-17-27-19-30(18-21)26(22-11-5-2-6-12-22,23-13-7-3-8-14-23)24-15-9-4-10-16-24/h2-16,19,21H,17-18H2,1H3. The second-order valence-electron chi connectivity index (χ2n) is 7.82. The molecule has 0 aliphatic carbocycles.